The average molecular weight is 816 g/mol. The lowest BCUT2D eigenvalue weighted by Gasteiger charge is -2.20. The second-order valence-electron chi connectivity index (χ2n) is 17.2. The molecule has 3 N–H and O–H groups in total. The molecule has 0 aromatic heterocycles. The fraction of sp³-hybridized carbons (Fsp3) is 0.846. The molecule has 1 amide bonds. The van der Waals surface area contributed by atoms with Gasteiger partial charge in [0.1, 0.15) is 0 Å². The SMILES string of the molecule is CCCCCCCCCCCCCCC/C=C/C(O)C(CO)NC(=O)CCCCCCCC/C=C\C=C/CCCCCOC(=O)CCCCCCCCCCCCC. The minimum Gasteiger partial charge on any atom is -0.466 e. The number of allylic oxidation sites excluding steroid dienone is 5. The van der Waals surface area contributed by atoms with Gasteiger partial charge in [0.15, 0.2) is 0 Å². The topological polar surface area (TPSA) is 95.9 Å². The molecule has 2 unspecified atom stereocenters. The monoisotopic (exact) mass is 816 g/mol. The minimum absolute atomic E-state index is 0.0238. The molecule has 0 aliphatic carbocycles. The number of amides is 1. The van der Waals surface area contributed by atoms with Crippen molar-refractivity contribution in [1.29, 1.82) is 0 Å². The highest BCUT2D eigenvalue weighted by molar-refractivity contribution is 5.76. The lowest BCUT2D eigenvalue weighted by atomic mass is 10.0. The Labute approximate surface area is 360 Å². The molecule has 6 nitrogen and oxygen atoms in total. The van der Waals surface area contributed by atoms with Crippen LogP contribution in [0.4, 0.5) is 0 Å². The van der Waals surface area contributed by atoms with Gasteiger partial charge in [0.05, 0.1) is 25.4 Å². The maximum absolute atomic E-state index is 12.4. The van der Waals surface area contributed by atoms with Crippen LogP contribution in [0.15, 0.2) is 36.5 Å². The Kier molecular flexibility index (Phi) is 46.2. The second kappa shape index (κ2) is 47.8. The Morgan fingerprint density at radius 3 is 1.28 bits per heavy atom. The van der Waals surface area contributed by atoms with Crippen molar-refractivity contribution < 1.29 is 24.5 Å². The summed E-state index contributed by atoms with van der Waals surface area (Å²) in [6.07, 6.45) is 57.1. The van der Waals surface area contributed by atoms with Gasteiger partial charge >= 0.3 is 5.97 Å². The number of rotatable bonds is 46. The van der Waals surface area contributed by atoms with Gasteiger partial charge in [-0.15, -0.1) is 0 Å². The summed E-state index contributed by atoms with van der Waals surface area (Å²) in [7, 11) is 0. The van der Waals surface area contributed by atoms with Gasteiger partial charge in [0, 0.05) is 12.8 Å². The van der Waals surface area contributed by atoms with Gasteiger partial charge in [-0.3, -0.25) is 9.59 Å². The van der Waals surface area contributed by atoms with Crippen molar-refractivity contribution in [1.82, 2.24) is 5.32 Å². The summed E-state index contributed by atoms with van der Waals surface area (Å²) in [5.41, 5.74) is 0. The van der Waals surface area contributed by atoms with Gasteiger partial charge < -0.3 is 20.3 Å². The number of nitrogens with one attached hydrogen (secondary N) is 1. The number of unbranched alkanes of at least 4 members (excludes halogenated alkanes) is 32. The van der Waals surface area contributed by atoms with E-state index in [0.717, 1.165) is 77.0 Å². The van der Waals surface area contributed by atoms with E-state index >= 15 is 0 Å². The van der Waals surface area contributed by atoms with Crippen molar-refractivity contribution in [2.45, 2.75) is 270 Å². The zero-order chi connectivity index (χ0) is 42.3. The standard InChI is InChI=1S/C52H97NO5/c1-3-5-7-9-11-13-15-16-18-21-25-28-32-36-40-44-50(55)49(48-54)53-51(56)45-41-37-33-29-26-22-19-17-20-23-27-31-35-39-43-47-58-52(57)46-42-38-34-30-24-14-12-10-8-6-4-2/h17,20,23,27,40,44,49-50,54-55H,3-16,18-19,21-22,24-26,28-39,41-43,45-48H2,1-2H3,(H,53,56)/b20-17-,27-23-,44-40+. The molecule has 0 bridgehead atoms. The largest absolute Gasteiger partial charge is 0.466 e. The maximum atomic E-state index is 12.4. The van der Waals surface area contributed by atoms with Crippen LogP contribution in [0, 0.1) is 0 Å². The van der Waals surface area contributed by atoms with Crippen LogP contribution in [-0.4, -0.2) is 47.4 Å². The van der Waals surface area contributed by atoms with Crippen molar-refractivity contribution in [3.63, 3.8) is 0 Å². The first-order chi connectivity index (χ1) is 28.5. The van der Waals surface area contributed by atoms with Crippen molar-refractivity contribution in [3.8, 4) is 0 Å². The Hall–Kier alpha value is -1.92. The number of aliphatic hydroxyl groups is 2. The maximum Gasteiger partial charge on any atom is 0.305 e. The van der Waals surface area contributed by atoms with Gasteiger partial charge in [0.25, 0.3) is 0 Å². The summed E-state index contributed by atoms with van der Waals surface area (Å²) < 4.78 is 5.42. The van der Waals surface area contributed by atoms with Crippen LogP contribution in [0.1, 0.15) is 258 Å². The normalized spacial score (nSPS) is 13.0. The molecule has 0 rings (SSSR count). The molecule has 0 spiro atoms. The van der Waals surface area contributed by atoms with E-state index in [4.69, 9.17) is 4.74 Å². The fourth-order valence-electron chi connectivity index (χ4n) is 7.50. The Bertz CT molecular complexity index is 946. The molecule has 0 aromatic carbocycles. The molecule has 58 heavy (non-hydrogen) atoms. The van der Waals surface area contributed by atoms with E-state index in [2.05, 4.69) is 43.5 Å². The zero-order valence-corrected chi connectivity index (χ0v) is 38.5. The van der Waals surface area contributed by atoms with Crippen molar-refractivity contribution in [2.24, 2.45) is 0 Å². The highest BCUT2D eigenvalue weighted by Gasteiger charge is 2.18. The van der Waals surface area contributed by atoms with Crippen LogP contribution < -0.4 is 5.32 Å². The van der Waals surface area contributed by atoms with E-state index < -0.39 is 12.1 Å². The molecule has 2 atom stereocenters. The lowest BCUT2D eigenvalue weighted by Crippen LogP contribution is -2.45. The van der Waals surface area contributed by atoms with E-state index in [0.29, 0.717) is 19.4 Å². The molecule has 0 aliphatic heterocycles. The molecule has 0 fully saturated rings. The third-order valence-electron chi connectivity index (χ3n) is 11.4. The quantitative estimate of drug-likeness (QED) is 0.0246. The van der Waals surface area contributed by atoms with Crippen LogP contribution in [0.2, 0.25) is 0 Å². The van der Waals surface area contributed by atoms with Gasteiger partial charge in [-0.25, -0.2) is 0 Å². The Morgan fingerprint density at radius 2 is 0.845 bits per heavy atom. The predicted octanol–water partition coefficient (Wildman–Crippen LogP) is 14.9. The van der Waals surface area contributed by atoms with Crippen LogP contribution >= 0.6 is 0 Å². The van der Waals surface area contributed by atoms with E-state index in [1.54, 1.807) is 6.08 Å². The van der Waals surface area contributed by atoms with Crippen LogP contribution in [-0.2, 0) is 14.3 Å². The van der Waals surface area contributed by atoms with Crippen molar-refractivity contribution in [3.05, 3.63) is 36.5 Å². The van der Waals surface area contributed by atoms with Crippen molar-refractivity contribution in [2.75, 3.05) is 13.2 Å². The summed E-state index contributed by atoms with van der Waals surface area (Å²) in [6.45, 7) is 4.83. The van der Waals surface area contributed by atoms with Gasteiger partial charge in [-0.2, -0.15) is 0 Å². The Balaban J connectivity index is 3.58. The average Bonchev–Trinajstić information content (AvgIpc) is 3.22. The zero-order valence-electron chi connectivity index (χ0n) is 38.5. The number of carbonyl (C=O) groups is 2. The molecule has 0 saturated carbocycles. The molecule has 0 heterocycles. The van der Waals surface area contributed by atoms with Crippen LogP contribution in [0.3, 0.4) is 0 Å². The highest BCUT2D eigenvalue weighted by atomic mass is 16.5. The molecule has 0 radical (unpaired) electrons. The molecule has 6 heteroatoms. The third-order valence-corrected chi connectivity index (χ3v) is 11.4. The smallest absolute Gasteiger partial charge is 0.305 e. The molecule has 0 aromatic rings. The summed E-state index contributed by atoms with van der Waals surface area (Å²) in [5.74, 6) is -0.115. The molecular formula is C52H97NO5. The third kappa shape index (κ3) is 43.7. The first-order valence-electron chi connectivity index (χ1n) is 25.3. The first-order valence-corrected chi connectivity index (χ1v) is 25.3. The second-order valence-corrected chi connectivity index (χ2v) is 17.2. The van der Waals surface area contributed by atoms with E-state index in [9.17, 15) is 19.8 Å². The minimum atomic E-state index is -0.858. The number of aliphatic hydroxyl groups excluding tert-OH is 2. The number of esters is 1. The van der Waals surface area contributed by atoms with Crippen LogP contribution in [0.5, 0.6) is 0 Å². The highest BCUT2D eigenvalue weighted by Crippen LogP contribution is 2.15. The summed E-state index contributed by atoms with van der Waals surface area (Å²) in [5, 5.41) is 23.0. The summed E-state index contributed by atoms with van der Waals surface area (Å²) >= 11 is 0. The number of hydrogen-bond donors (Lipinski definition) is 3. The summed E-state index contributed by atoms with van der Waals surface area (Å²) in [4.78, 5) is 24.4. The van der Waals surface area contributed by atoms with Gasteiger partial charge in [-0.05, 0) is 64.2 Å². The number of ether oxygens (including phenoxy) is 1. The van der Waals surface area contributed by atoms with Crippen molar-refractivity contribution >= 4 is 11.9 Å². The van der Waals surface area contributed by atoms with Gasteiger partial charge in [-0.1, -0.05) is 217 Å². The predicted molar refractivity (Wildman–Crippen MR) is 250 cm³/mol. The van der Waals surface area contributed by atoms with E-state index in [1.807, 2.05) is 6.08 Å². The van der Waals surface area contributed by atoms with Crippen LogP contribution in [0.25, 0.3) is 0 Å². The van der Waals surface area contributed by atoms with E-state index in [1.165, 1.54) is 154 Å². The number of hydrogen-bond acceptors (Lipinski definition) is 5. The molecule has 340 valence electrons. The van der Waals surface area contributed by atoms with Gasteiger partial charge in [0.2, 0.25) is 5.91 Å². The summed E-state index contributed by atoms with van der Waals surface area (Å²) in [6, 6.07) is -0.644. The van der Waals surface area contributed by atoms with E-state index in [-0.39, 0.29) is 18.5 Å². The molecular weight excluding hydrogens is 719 g/mol. The Morgan fingerprint density at radius 1 is 0.483 bits per heavy atom. The fourth-order valence-corrected chi connectivity index (χ4v) is 7.50. The first kappa shape index (κ1) is 56.1. The molecule has 0 saturated heterocycles. The lowest BCUT2D eigenvalue weighted by molar-refractivity contribution is -0.143. The molecule has 0 aliphatic rings. The number of carbonyl (C=O) groups excluding carboxylic acids is 2.